The predicted molar refractivity (Wildman–Crippen MR) is 112 cm³/mol. The van der Waals surface area contributed by atoms with Crippen molar-refractivity contribution < 1.29 is 18.7 Å². The third kappa shape index (κ3) is 4.39. The summed E-state index contributed by atoms with van der Waals surface area (Å²) in [6.07, 6.45) is 0. The van der Waals surface area contributed by atoms with Crippen molar-refractivity contribution in [2.45, 2.75) is 0 Å². The summed E-state index contributed by atoms with van der Waals surface area (Å²) in [7, 11) is 0. The fourth-order valence-electron chi connectivity index (χ4n) is 2.85. The van der Waals surface area contributed by atoms with E-state index in [0.29, 0.717) is 26.5 Å². The SMILES string of the molecule is O=C(OCCOc1ccccc1F)c1cc(-c2ccc(Cl)s2)nc2ccccc12. The minimum absolute atomic E-state index is 0.00994. The standard InChI is InChI=1S/C22H15ClFNO3S/c23-21-10-9-20(29-21)18-13-15(14-5-1-3-7-17(14)25-18)22(26)28-12-11-27-19-8-4-2-6-16(19)24/h1-10,13H,11-12H2. The molecule has 0 N–H and O–H groups in total. The topological polar surface area (TPSA) is 48.4 Å². The molecule has 4 nitrogen and oxygen atoms in total. The van der Waals surface area contributed by atoms with E-state index in [1.54, 1.807) is 24.3 Å². The normalized spacial score (nSPS) is 10.8. The maximum absolute atomic E-state index is 13.6. The van der Waals surface area contributed by atoms with Crippen LogP contribution in [0.4, 0.5) is 4.39 Å². The number of nitrogens with zero attached hydrogens (tertiary/aromatic N) is 1. The molecule has 2 aromatic heterocycles. The molecule has 2 heterocycles. The molecule has 0 fully saturated rings. The van der Waals surface area contributed by atoms with Gasteiger partial charge in [-0.25, -0.2) is 14.2 Å². The molecule has 0 radical (unpaired) electrons. The van der Waals surface area contributed by atoms with Crippen LogP contribution in [0.2, 0.25) is 4.34 Å². The maximum atomic E-state index is 13.6. The number of rotatable bonds is 6. The summed E-state index contributed by atoms with van der Waals surface area (Å²) in [5, 5.41) is 0.693. The molecule has 29 heavy (non-hydrogen) atoms. The molecule has 4 rings (SSSR count). The van der Waals surface area contributed by atoms with Crippen molar-refractivity contribution in [3.8, 4) is 16.3 Å². The molecule has 0 spiro atoms. The van der Waals surface area contributed by atoms with Crippen LogP contribution in [0.25, 0.3) is 21.5 Å². The first-order chi connectivity index (χ1) is 14.1. The Morgan fingerprint density at radius 2 is 1.83 bits per heavy atom. The first-order valence-electron chi connectivity index (χ1n) is 8.82. The zero-order valence-electron chi connectivity index (χ0n) is 15.1. The minimum Gasteiger partial charge on any atom is -0.487 e. The molecular weight excluding hydrogens is 413 g/mol. The van der Waals surface area contributed by atoms with E-state index in [1.807, 2.05) is 30.3 Å². The maximum Gasteiger partial charge on any atom is 0.339 e. The number of para-hydroxylation sites is 2. The van der Waals surface area contributed by atoms with Gasteiger partial charge >= 0.3 is 5.97 Å². The van der Waals surface area contributed by atoms with Crippen molar-refractivity contribution in [3.05, 3.63) is 82.4 Å². The van der Waals surface area contributed by atoms with Crippen LogP contribution < -0.4 is 4.74 Å². The summed E-state index contributed by atoms with van der Waals surface area (Å²) in [5.41, 5.74) is 1.74. The van der Waals surface area contributed by atoms with E-state index in [-0.39, 0.29) is 19.0 Å². The number of halogens is 2. The van der Waals surface area contributed by atoms with E-state index >= 15 is 0 Å². The van der Waals surface area contributed by atoms with E-state index in [9.17, 15) is 9.18 Å². The number of hydrogen-bond acceptors (Lipinski definition) is 5. The smallest absolute Gasteiger partial charge is 0.339 e. The van der Waals surface area contributed by atoms with Crippen LogP contribution in [-0.2, 0) is 4.74 Å². The van der Waals surface area contributed by atoms with E-state index in [4.69, 9.17) is 21.1 Å². The predicted octanol–water partition coefficient (Wildman–Crippen LogP) is 5.99. The quantitative estimate of drug-likeness (QED) is 0.280. The number of fused-ring (bicyclic) bond motifs is 1. The van der Waals surface area contributed by atoms with Crippen LogP contribution in [0, 0.1) is 5.82 Å². The molecule has 7 heteroatoms. The number of ether oxygens (including phenoxy) is 2. The number of carbonyl (C=O) groups is 1. The Morgan fingerprint density at radius 1 is 1.03 bits per heavy atom. The van der Waals surface area contributed by atoms with Crippen molar-refractivity contribution in [1.29, 1.82) is 0 Å². The van der Waals surface area contributed by atoms with Gasteiger partial charge in [-0.2, -0.15) is 0 Å². The second-order valence-corrected chi connectivity index (χ2v) is 7.81. The fraction of sp³-hybridized carbons (Fsp3) is 0.0909. The molecule has 0 saturated carbocycles. The van der Waals surface area contributed by atoms with Gasteiger partial charge < -0.3 is 9.47 Å². The third-order valence-corrected chi connectivity index (χ3v) is 5.43. The van der Waals surface area contributed by atoms with Crippen molar-refractivity contribution in [2.24, 2.45) is 0 Å². The Morgan fingerprint density at radius 3 is 2.62 bits per heavy atom. The lowest BCUT2D eigenvalue weighted by atomic mass is 10.1. The van der Waals surface area contributed by atoms with Gasteiger partial charge in [0.25, 0.3) is 0 Å². The first-order valence-corrected chi connectivity index (χ1v) is 10.0. The third-order valence-electron chi connectivity index (χ3n) is 4.17. The number of pyridine rings is 1. The van der Waals surface area contributed by atoms with Crippen LogP contribution in [0.15, 0.2) is 66.7 Å². The molecule has 0 aliphatic heterocycles. The van der Waals surface area contributed by atoms with Gasteiger partial charge in [-0.05, 0) is 36.4 Å². The van der Waals surface area contributed by atoms with Crippen molar-refractivity contribution in [1.82, 2.24) is 4.98 Å². The van der Waals surface area contributed by atoms with E-state index in [2.05, 4.69) is 4.98 Å². The van der Waals surface area contributed by atoms with Gasteiger partial charge in [-0.3, -0.25) is 0 Å². The van der Waals surface area contributed by atoms with E-state index < -0.39 is 11.8 Å². The molecule has 0 saturated heterocycles. The summed E-state index contributed by atoms with van der Waals surface area (Å²) < 4.78 is 24.9. The number of thiophene rings is 1. The zero-order chi connectivity index (χ0) is 20.2. The Bertz CT molecular complexity index is 1180. The zero-order valence-corrected chi connectivity index (χ0v) is 16.7. The highest BCUT2D eigenvalue weighted by Crippen LogP contribution is 2.32. The van der Waals surface area contributed by atoms with E-state index in [0.717, 1.165) is 4.88 Å². The summed E-state index contributed by atoms with van der Waals surface area (Å²) in [4.78, 5) is 18.2. The van der Waals surface area contributed by atoms with Gasteiger partial charge in [0.1, 0.15) is 13.2 Å². The molecule has 146 valence electrons. The highest BCUT2D eigenvalue weighted by molar-refractivity contribution is 7.19. The lowest BCUT2D eigenvalue weighted by molar-refractivity contribution is 0.0450. The van der Waals surface area contributed by atoms with E-state index in [1.165, 1.54) is 23.5 Å². The van der Waals surface area contributed by atoms with Gasteiger partial charge in [0.15, 0.2) is 11.6 Å². The minimum atomic E-state index is -0.496. The number of esters is 1. The van der Waals surface area contributed by atoms with Crippen LogP contribution in [0.5, 0.6) is 5.75 Å². The summed E-state index contributed by atoms with van der Waals surface area (Å²) in [6.45, 7) is 0.0348. The molecule has 0 bridgehead atoms. The molecule has 2 aromatic carbocycles. The lowest BCUT2D eigenvalue weighted by Gasteiger charge is -2.10. The van der Waals surface area contributed by atoms with Crippen molar-refractivity contribution in [3.63, 3.8) is 0 Å². The number of hydrogen-bond donors (Lipinski definition) is 0. The van der Waals surface area contributed by atoms with Crippen LogP contribution in [0.1, 0.15) is 10.4 Å². The molecular formula is C22H15ClFNO3S. The second-order valence-electron chi connectivity index (χ2n) is 6.09. The molecule has 0 unspecified atom stereocenters. The molecule has 4 aromatic rings. The van der Waals surface area contributed by atoms with Crippen LogP contribution in [-0.4, -0.2) is 24.2 Å². The Balaban J connectivity index is 1.52. The van der Waals surface area contributed by atoms with Gasteiger partial charge in [-0.1, -0.05) is 41.9 Å². The highest BCUT2D eigenvalue weighted by Gasteiger charge is 2.16. The Labute approximate surface area is 175 Å². The lowest BCUT2D eigenvalue weighted by Crippen LogP contribution is -2.13. The van der Waals surface area contributed by atoms with Gasteiger partial charge in [0.05, 0.1) is 26.0 Å². The number of aromatic nitrogens is 1. The van der Waals surface area contributed by atoms with Gasteiger partial charge in [-0.15, -0.1) is 11.3 Å². The first kappa shape index (κ1) is 19.4. The molecule has 0 aliphatic carbocycles. The second kappa shape index (κ2) is 8.59. The number of benzene rings is 2. The Kier molecular flexibility index (Phi) is 5.74. The highest BCUT2D eigenvalue weighted by atomic mass is 35.5. The molecule has 0 amide bonds. The summed E-state index contributed by atoms with van der Waals surface area (Å²) in [5.74, 6) is -0.836. The van der Waals surface area contributed by atoms with Gasteiger partial charge in [0, 0.05) is 5.39 Å². The van der Waals surface area contributed by atoms with Crippen LogP contribution in [0.3, 0.4) is 0 Å². The fourth-order valence-corrected chi connectivity index (χ4v) is 3.85. The average molecular weight is 428 g/mol. The van der Waals surface area contributed by atoms with Crippen molar-refractivity contribution in [2.75, 3.05) is 13.2 Å². The summed E-state index contributed by atoms with van der Waals surface area (Å²) in [6, 6.07) is 18.8. The number of carbonyl (C=O) groups excluding carboxylic acids is 1. The summed E-state index contributed by atoms with van der Waals surface area (Å²) >= 11 is 7.42. The van der Waals surface area contributed by atoms with Crippen LogP contribution >= 0.6 is 22.9 Å². The molecule has 0 aliphatic rings. The Hall–Kier alpha value is -2.96. The van der Waals surface area contributed by atoms with Gasteiger partial charge in [0.2, 0.25) is 0 Å². The monoisotopic (exact) mass is 427 g/mol. The molecule has 0 atom stereocenters. The average Bonchev–Trinajstić information content (AvgIpc) is 3.18. The largest absolute Gasteiger partial charge is 0.487 e. The van der Waals surface area contributed by atoms with Crippen molar-refractivity contribution >= 4 is 39.8 Å².